The third kappa shape index (κ3) is 2.98. The second-order valence-corrected chi connectivity index (χ2v) is 6.02. The van der Waals surface area contributed by atoms with Gasteiger partial charge in [-0.15, -0.1) is 0 Å². The van der Waals surface area contributed by atoms with Crippen molar-refractivity contribution < 1.29 is 13.9 Å². The Bertz CT molecular complexity index is 741. The fraction of sp³-hybridized carbons (Fsp3) is 0.133. The van der Waals surface area contributed by atoms with Crippen LogP contribution in [0.1, 0.15) is 5.56 Å². The Morgan fingerprint density at radius 3 is 2.91 bits per heavy atom. The van der Waals surface area contributed by atoms with Crippen molar-refractivity contribution in [3.8, 4) is 0 Å². The minimum absolute atomic E-state index is 0.0737. The molecule has 22 heavy (non-hydrogen) atoms. The number of nitrogens with one attached hydrogen (secondary N) is 1. The van der Waals surface area contributed by atoms with E-state index < -0.39 is 5.82 Å². The molecule has 1 aliphatic rings. The molecule has 0 aliphatic carbocycles. The largest absolute Gasteiger partial charge is 0.444 e. The Morgan fingerprint density at radius 1 is 1.32 bits per heavy atom. The van der Waals surface area contributed by atoms with Gasteiger partial charge < -0.3 is 9.46 Å². The maximum Gasteiger partial charge on any atom is 0.414 e. The van der Waals surface area contributed by atoms with Gasteiger partial charge in [0.25, 0.3) is 0 Å². The van der Waals surface area contributed by atoms with Crippen molar-refractivity contribution in [3.63, 3.8) is 0 Å². The number of ether oxygens (including phenoxy) is 1. The van der Waals surface area contributed by atoms with Gasteiger partial charge in [0.05, 0.1) is 10.7 Å². The molecule has 1 amide bonds. The fourth-order valence-corrected chi connectivity index (χ4v) is 2.96. The highest BCUT2D eigenvalue weighted by Crippen LogP contribution is 2.31. The molecule has 2 aromatic rings. The third-order valence-corrected chi connectivity index (χ3v) is 4.36. The summed E-state index contributed by atoms with van der Waals surface area (Å²) in [6, 6.07) is 10.2. The van der Waals surface area contributed by atoms with Gasteiger partial charge in [-0.05, 0) is 48.3 Å². The Morgan fingerprint density at radius 2 is 2.14 bits per heavy atom. The van der Waals surface area contributed by atoms with Crippen molar-refractivity contribution in [1.82, 2.24) is 0 Å². The first-order valence-corrected chi connectivity index (χ1v) is 7.65. The summed E-state index contributed by atoms with van der Waals surface area (Å²) in [5.74, 6) is -0.448. The maximum atomic E-state index is 13.1. The molecule has 4 nitrogen and oxygen atoms in total. The van der Waals surface area contributed by atoms with Crippen LogP contribution in [0.15, 0.2) is 41.3 Å². The summed E-state index contributed by atoms with van der Waals surface area (Å²) in [4.78, 5) is 13.9. The van der Waals surface area contributed by atoms with E-state index in [0.717, 1.165) is 16.1 Å². The summed E-state index contributed by atoms with van der Waals surface area (Å²) in [5.41, 5.74) is 2.48. The maximum absolute atomic E-state index is 13.1. The van der Waals surface area contributed by atoms with Crippen LogP contribution < -0.4 is 9.62 Å². The van der Waals surface area contributed by atoms with E-state index in [4.69, 9.17) is 16.3 Å². The lowest BCUT2D eigenvalue weighted by molar-refractivity contribution is 0.143. The van der Waals surface area contributed by atoms with Crippen molar-refractivity contribution >= 4 is 41.0 Å². The zero-order chi connectivity index (χ0) is 15.7. The van der Waals surface area contributed by atoms with Gasteiger partial charge >= 0.3 is 6.09 Å². The molecule has 0 bridgehead atoms. The molecule has 114 valence electrons. The lowest BCUT2D eigenvalue weighted by Crippen LogP contribution is -2.31. The van der Waals surface area contributed by atoms with Gasteiger partial charge in [0.15, 0.2) is 0 Å². The van der Waals surface area contributed by atoms with E-state index in [0.29, 0.717) is 5.69 Å². The third-order valence-electron chi connectivity index (χ3n) is 3.24. The summed E-state index contributed by atoms with van der Waals surface area (Å²) in [6.45, 7) is 0.259. The topological polar surface area (TPSA) is 41.6 Å². The molecule has 2 aromatic carbocycles. The smallest absolute Gasteiger partial charge is 0.414 e. The number of fused-ring (bicyclic) bond motifs is 1. The number of cyclic esters (lactones) is 1. The van der Waals surface area contributed by atoms with Gasteiger partial charge in [0, 0.05) is 23.2 Å². The second kappa shape index (κ2) is 6.06. The van der Waals surface area contributed by atoms with Crippen LogP contribution in [0.3, 0.4) is 0 Å². The van der Waals surface area contributed by atoms with E-state index in [9.17, 15) is 9.18 Å². The van der Waals surface area contributed by atoms with Crippen molar-refractivity contribution in [2.75, 3.05) is 16.7 Å². The highest BCUT2D eigenvalue weighted by molar-refractivity contribution is 8.00. The van der Waals surface area contributed by atoms with Gasteiger partial charge in [0.2, 0.25) is 0 Å². The Kier molecular flexibility index (Phi) is 4.13. The van der Waals surface area contributed by atoms with E-state index in [1.807, 2.05) is 18.2 Å². The van der Waals surface area contributed by atoms with Crippen LogP contribution in [-0.4, -0.2) is 13.1 Å². The van der Waals surface area contributed by atoms with Gasteiger partial charge in [0.1, 0.15) is 12.4 Å². The number of hydrogen-bond donors (Lipinski definition) is 1. The number of nitrogens with zero attached hydrogens (tertiary/aromatic N) is 1. The molecule has 0 atom stereocenters. The average molecular weight is 339 g/mol. The molecule has 0 spiro atoms. The molecule has 0 saturated heterocycles. The predicted molar refractivity (Wildman–Crippen MR) is 85.9 cm³/mol. The number of rotatable bonds is 3. The molecule has 1 N–H and O–H groups in total. The molecule has 3 rings (SSSR count). The van der Waals surface area contributed by atoms with E-state index >= 15 is 0 Å². The molecule has 7 heteroatoms. The summed E-state index contributed by atoms with van der Waals surface area (Å²) in [5, 5.41) is 0.0737. The zero-order valence-corrected chi connectivity index (χ0v) is 13.2. The first-order chi connectivity index (χ1) is 10.5. The van der Waals surface area contributed by atoms with Crippen LogP contribution in [-0.2, 0) is 11.3 Å². The Labute approximate surface area is 136 Å². The van der Waals surface area contributed by atoms with Crippen LogP contribution in [0.4, 0.5) is 20.6 Å². The van der Waals surface area contributed by atoms with Crippen LogP contribution in [0.2, 0.25) is 5.02 Å². The van der Waals surface area contributed by atoms with Gasteiger partial charge in [-0.1, -0.05) is 11.6 Å². The number of carbonyl (C=O) groups is 1. The van der Waals surface area contributed by atoms with Crippen LogP contribution in [0.5, 0.6) is 0 Å². The molecule has 1 aliphatic heterocycles. The van der Waals surface area contributed by atoms with E-state index in [2.05, 4.69) is 4.72 Å². The fourth-order valence-electron chi connectivity index (χ4n) is 2.08. The first kappa shape index (κ1) is 15.0. The second-order valence-electron chi connectivity index (χ2n) is 4.74. The predicted octanol–water partition coefficient (Wildman–Crippen LogP) is 4.68. The molecule has 0 saturated carbocycles. The first-order valence-electron chi connectivity index (χ1n) is 6.46. The van der Waals surface area contributed by atoms with Gasteiger partial charge in [-0.3, -0.25) is 4.90 Å². The molecule has 0 aromatic heterocycles. The quantitative estimate of drug-likeness (QED) is 0.825. The lowest BCUT2D eigenvalue weighted by Gasteiger charge is -2.25. The molecular weight excluding hydrogens is 327 g/mol. The summed E-state index contributed by atoms with van der Waals surface area (Å²) < 4.78 is 21.3. The minimum atomic E-state index is -0.448. The zero-order valence-electron chi connectivity index (χ0n) is 11.6. The normalized spacial score (nSPS) is 13.6. The van der Waals surface area contributed by atoms with Crippen molar-refractivity contribution in [2.24, 2.45) is 0 Å². The molecule has 0 unspecified atom stereocenters. The van der Waals surface area contributed by atoms with Crippen molar-refractivity contribution in [3.05, 3.63) is 52.8 Å². The van der Waals surface area contributed by atoms with Gasteiger partial charge in [-0.2, -0.15) is 0 Å². The van der Waals surface area contributed by atoms with Crippen LogP contribution in [0.25, 0.3) is 0 Å². The summed E-state index contributed by atoms with van der Waals surface area (Å²) >= 11 is 7.11. The number of hydrogen-bond acceptors (Lipinski definition) is 4. The van der Waals surface area contributed by atoms with Crippen LogP contribution in [0, 0.1) is 5.82 Å². The number of anilines is 2. The number of amides is 1. The monoisotopic (exact) mass is 338 g/mol. The number of carbonyl (C=O) groups excluding carboxylic acids is 1. The summed E-state index contributed by atoms with van der Waals surface area (Å²) in [7, 11) is 1.67. The standard InChI is InChI=1S/C15H12ClFN2O2S/c1-19-14-5-3-11(6-9(14)8-21-15(19)20)22-18-10-2-4-13(17)12(16)7-10/h2-7,18H,8H2,1H3. The molecule has 0 radical (unpaired) electrons. The highest BCUT2D eigenvalue weighted by atomic mass is 35.5. The van der Waals surface area contributed by atoms with Crippen LogP contribution >= 0.6 is 23.5 Å². The van der Waals surface area contributed by atoms with E-state index in [-0.39, 0.29) is 17.7 Å². The summed E-state index contributed by atoms with van der Waals surface area (Å²) in [6.07, 6.45) is -0.355. The Balaban J connectivity index is 1.74. The minimum Gasteiger partial charge on any atom is -0.444 e. The van der Waals surface area contributed by atoms with Gasteiger partial charge in [-0.25, -0.2) is 9.18 Å². The lowest BCUT2D eigenvalue weighted by atomic mass is 10.1. The average Bonchev–Trinajstić information content (AvgIpc) is 2.52. The SMILES string of the molecule is CN1C(=O)OCc2cc(SNc3ccc(F)c(Cl)c3)ccc21. The molecular formula is C15H12ClFN2O2S. The number of benzene rings is 2. The van der Waals surface area contributed by atoms with E-state index in [1.165, 1.54) is 29.0 Å². The Hall–Kier alpha value is -1.92. The van der Waals surface area contributed by atoms with Crippen molar-refractivity contribution in [1.29, 1.82) is 0 Å². The molecule has 1 heterocycles. The molecule has 0 fully saturated rings. The van der Waals surface area contributed by atoms with Crippen molar-refractivity contribution in [2.45, 2.75) is 11.5 Å². The van der Waals surface area contributed by atoms with E-state index in [1.54, 1.807) is 13.1 Å². The number of halogens is 2. The highest BCUT2D eigenvalue weighted by Gasteiger charge is 2.22.